The van der Waals surface area contributed by atoms with Crippen LogP contribution in [0.25, 0.3) is 0 Å². The average Bonchev–Trinajstić information content (AvgIpc) is 2.47. The molecule has 4 nitrogen and oxygen atoms in total. The van der Waals surface area contributed by atoms with Crippen molar-refractivity contribution in [3.8, 4) is 0 Å². The molecule has 1 saturated heterocycles. The molecule has 5 heteroatoms. The third-order valence-corrected chi connectivity index (χ3v) is 5.60. The van der Waals surface area contributed by atoms with Crippen LogP contribution in [0.4, 0.5) is 4.79 Å². The number of alkyl halides is 1. The van der Waals surface area contributed by atoms with Crippen LogP contribution >= 0.6 is 22.6 Å². The van der Waals surface area contributed by atoms with Crippen molar-refractivity contribution in [1.29, 1.82) is 0 Å². The van der Waals surface area contributed by atoms with E-state index >= 15 is 0 Å². The number of carbonyl (C=O) groups is 1. The Bertz CT molecular complexity index is 352. The highest BCUT2D eigenvalue weighted by molar-refractivity contribution is 14.1. The number of piperidine rings is 1. The molecule has 0 bridgehead atoms. The van der Waals surface area contributed by atoms with Gasteiger partial charge in [0.1, 0.15) is 5.60 Å². The highest BCUT2D eigenvalue weighted by Crippen LogP contribution is 2.29. The van der Waals surface area contributed by atoms with Gasteiger partial charge in [0.25, 0.3) is 0 Å². The minimum atomic E-state index is -0.447. The summed E-state index contributed by atoms with van der Waals surface area (Å²) in [5.41, 5.74) is -0.657. The van der Waals surface area contributed by atoms with Crippen LogP contribution in [0.1, 0.15) is 60.3 Å². The van der Waals surface area contributed by atoms with Crippen molar-refractivity contribution >= 4 is 28.7 Å². The summed E-state index contributed by atoms with van der Waals surface area (Å²) in [5, 5.41) is 0. The van der Waals surface area contributed by atoms with E-state index in [1.165, 1.54) is 0 Å². The van der Waals surface area contributed by atoms with Crippen LogP contribution in [0.3, 0.4) is 0 Å². The summed E-state index contributed by atoms with van der Waals surface area (Å²) in [6.07, 6.45) is 4.07. The number of rotatable bonds is 6. The van der Waals surface area contributed by atoms with Gasteiger partial charge in [-0.05, 0) is 39.5 Å². The number of hydrogen-bond donors (Lipinski definition) is 0. The highest BCUT2D eigenvalue weighted by Gasteiger charge is 2.39. The highest BCUT2D eigenvalue weighted by atomic mass is 127. The lowest BCUT2D eigenvalue weighted by Crippen LogP contribution is -2.54. The Morgan fingerprint density at radius 2 is 1.95 bits per heavy atom. The van der Waals surface area contributed by atoms with Crippen molar-refractivity contribution in [1.82, 2.24) is 4.90 Å². The summed E-state index contributed by atoms with van der Waals surface area (Å²) < 4.78 is 12.7. The molecule has 0 radical (unpaired) electrons. The molecule has 0 aliphatic carbocycles. The molecule has 0 aromatic carbocycles. The van der Waals surface area contributed by atoms with E-state index in [1.807, 2.05) is 25.7 Å². The fraction of sp³-hybridized carbons (Fsp3) is 0.941. The molecule has 0 aromatic rings. The Morgan fingerprint density at radius 3 is 2.45 bits per heavy atom. The maximum Gasteiger partial charge on any atom is 0.410 e. The van der Waals surface area contributed by atoms with Crippen molar-refractivity contribution in [2.24, 2.45) is 5.92 Å². The summed E-state index contributed by atoms with van der Waals surface area (Å²) in [7, 11) is 0. The van der Waals surface area contributed by atoms with E-state index in [0.717, 1.165) is 43.3 Å². The van der Waals surface area contributed by atoms with Crippen LogP contribution in [0.15, 0.2) is 0 Å². The zero-order valence-electron chi connectivity index (χ0n) is 14.8. The molecule has 1 amide bonds. The Morgan fingerprint density at radius 1 is 1.32 bits per heavy atom. The monoisotopic (exact) mass is 425 g/mol. The molecule has 1 unspecified atom stereocenters. The molecule has 0 N–H and O–H groups in total. The Hall–Kier alpha value is -0.0400. The van der Waals surface area contributed by atoms with Crippen molar-refractivity contribution < 1.29 is 14.3 Å². The second kappa shape index (κ2) is 8.71. The number of amides is 1. The first-order chi connectivity index (χ1) is 10.2. The van der Waals surface area contributed by atoms with E-state index in [4.69, 9.17) is 9.47 Å². The number of carbonyl (C=O) groups excluding carboxylic acids is 1. The van der Waals surface area contributed by atoms with Crippen molar-refractivity contribution in [3.05, 3.63) is 0 Å². The minimum Gasteiger partial charge on any atom is -0.444 e. The van der Waals surface area contributed by atoms with Crippen LogP contribution in [0, 0.1) is 5.92 Å². The molecule has 1 aliphatic heterocycles. The fourth-order valence-corrected chi connectivity index (χ4v) is 3.51. The average molecular weight is 425 g/mol. The van der Waals surface area contributed by atoms with Gasteiger partial charge in [-0.3, -0.25) is 0 Å². The molecule has 1 atom stereocenters. The van der Waals surface area contributed by atoms with Crippen LogP contribution in [-0.4, -0.2) is 46.3 Å². The number of ether oxygens (including phenoxy) is 2. The smallest absolute Gasteiger partial charge is 0.410 e. The first-order valence-electron chi connectivity index (χ1n) is 8.43. The fourth-order valence-electron chi connectivity index (χ4n) is 2.66. The van der Waals surface area contributed by atoms with Crippen LogP contribution in [0.2, 0.25) is 0 Å². The van der Waals surface area contributed by atoms with Gasteiger partial charge in [-0.15, -0.1) is 0 Å². The van der Waals surface area contributed by atoms with E-state index < -0.39 is 5.60 Å². The maximum atomic E-state index is 12.3. The number of nitrogens with zero attached hydrogens (tertiary/aromatic N) is 1. The molecule has 1 heterocycles. The Labute approximate surface area is 149 Å². The van der Waals surface area contributed by atoms with Gasteiger partial charge < -0.3 is 14.4 Å². The Kier molecular flexibility index (Phi) is 7.92. The van der Waals surface area contributed by atoms with Gasteiger partial charge in [0.15, 0.2) is 0 Å². The van der Waals surface area contributed by atoms with Gasteiger partial charge >= 0.3 is 6.09 Å². The molecule has 0 aromatic heterocycles. The molecule has 1 aliphatic rings. The van der Waals surface area contributed by atoms with Gasteiger partial charge in [0.2, 0.25) is 0 Å². The minimum absolute atomic E-state index is 0.210. The van der Waals surface area contributed by atoms with E-state index in [0.29, 0.717) is 12.5 Å². The van der Waals surface area contributed by atoms with Crippen molar-refractivity contribution in [2.75, 3.05) is 24.1 Å². The van der Waals surface area contributed by atoms with Gasteiger partial charge in [-0.2, -0.15) is 0 Å². The predicted octanol–water partition coefficient (Wildman–Crippen LogP) is 4.64. The Balaban J connectivity index is 2.66. The lowest BCUT2D eigenvalue weighted by atomic mass is 9.94. The predicted molar refractivity (Wildman–Crippen MR) is 98.7 cm³/mol. The molecular formula is C17H32INO3. The SMILES string of the molecule is CCC(CC)COC1(CI)CCCN(C(=O)OC(C)(C)C)C1. The van der Waals surface area contributed by atoms with Gasteiger partial charge in [0, 0.05) is 11.0 Å². The summed E-state index contributed by atoms with van der Waals surface area (Å²) in [6.45, 7) is 12.3. The summed E-state index contributed by atoms with van der Waals surface area (Å²) in [6, 6.07) is 0. The third-order valence-electron chi connectivity index (χ3n) is 4.21. The second-order valence-corrected chi connectivity index (χ2v) is 8.08. The standard InChI is InChI=1S/C17H32INO3/c1-6-14(7-2)11-21-17(12-18)9-8-10-19(13-17)15(20)22-16(3,4)5/h14H,6-13H2,1-5H3. The number of likely N-dealkylation sites (tertiary alicyclic amines) is 1. The second-order valence-electron chi connectivity index (χ2n) is 7.32. The van der Waals surface area contributed by atoms with E-state index in [-0.39, 0.29) is 11.7 Å². The van der Waals surface area contributed by atoms with Crippen LogP contribution in [0.5, 0.6) is 0 Å². The van der Waals surface area contributed by atoms with E-state index in [9.17, 15) is 4.79 Å². The summed E-state index contributed by atoms with van der Waals surface area (Å²) in [5.74, 6) is 0.608. The molecule has 0 saturated carbocycles. The molecule has 1 fully saturated rings. The van der Waals surface area contributed by atoms with Crippen LogP contribution < -0.4 is 0 Å². The number of halogens is 1. The topological polar surface area (TPSA) is 38.8 Å². The normalized spacial score (nSPS) is 23.0. The first kappa shape index (κ1) is 20.0. The summed E-state index contributed by atoms with van der Waals surface area (Å²) >= 11 is 2.39. The van der Waals surface area contributed by atoms with E-state index in [2.05, 4.69) is 36.4 Å². The zero-order valence-corrected chi connectivity index (χ0v) is 16.9. The quantitative estimate of drug-likeness (QED) is 0.460. The largest absolute Gasteiger partial charge is 0.444 e. The summed E-state index contributed by atoms with van der Waals surface area (Å²) in [4.78, 5) is 14.1. The van der Waals surface area contributed by atoms with Crippen molar-refractivity contribution in [2.45, 2.75) is 71.5 Å². The van der Waals surface area contributed by atoms with Gasteiger partial charge in [-0.25, -0.2) is 4.79 Å². The molecule has 130 valence electrons. The van der Waals surface area contributed by atoms with E-state index in [1.54, 1.807) is 0 Å². The molecule has 1 rings (SSSR count). The molecule has 22 heavy (non-hydrogen) atoms. The molecular weight excluding hydrogens is 393 g/mol. The molecule has 0 spiro atoms. The van der Waals surface area contributed by atoms with Gasteiger partial charge in [-0.1, -0.05) is 49.3 Å². The maximum absolute atomic E-state index is 12.3. The lowest BCUT2D eigenvalue weighted by Gasteiger charge is -2.42. The lowest BCUT2D eigenvalue weighted by molar-refractivity contribution is -0.0860. The number of hydrogen-bond acceptors (Lipinski definition) is 3. The van der Waals surface area contributed by atoms with Crippen molar-refractivity contribution in [3.63, 3.8) is 0 Å². The zero-order chi connectivity index (χ0) is 16.8. The first-order valence-corrected chi connectivity index (χ1v) is 9.95. The van der Waals surface area contributed by atoms with Gasteiger partial charge in [0.05, 0.1) is 18.8 Å². The van der Waals surface area contributed by atoms with Crippen LogP contribution in [-0.2, 0) is 9.47 Å². The third kappa shape index (κ3) is 6.22.